The number of carbonyl (C=O) groups is 1. The summed E-state index contributed by atoms with van der Waals surface area (Å²) in [6.07, 6.45) is 1.20. The van der Waals surface area contributed by atoms with Gasteiger partial charge in [0.25, 0.3) is 0 Å². The van der Waals surface area contributed by atoms with Crippen molar-refractivity contribution in [2.24, 2.45) is 5.73 Å². The van der Waals surface area contributed by atoms with Crippen LogP contribution in [0.5, 0.6) is 0 Å². The maximum Gasteiger partial charge on any atom is 0.241 e. The smallest absolute Gasteiger partial charge is 0.241 e. The third-order valence-electron chi connectivity index (χ3n) is 4.05. The minimum Gasteiger partial charge on any atom is -0.376 e. The second kappa shape index (κ2) is 7.54. The number of hydrogen-bond acceptors (Lipinski definition) is 4. The lowest BCUT2D eigenvalue weighted by molar-refractivity contribution is -0.124. The molecule has 0 radical (unpaired) electrons. The Morgan fingerprint density at radius 2 is 2.29 bits per heavy atom. The molecule has 3 N–H and O–H groups in total. The molecule has 2 unspecified atom stereocenters. The molecule has 0 bridgehead atoms. The molecule has 0 saturated carbocycles. The highest BCUT2D eigenvalue weighted by atomic mass is 16.5. The first kappa shape index (κ1) is 15.9. The third kappa shape index (κ3) is 4.03. The summed E-state index contributed by atoms with van der Waals surface area (Å²) in [5, 5.41) is 2.99. The minimum atomic E-state index is -0.172. The SMILES string of the molecule is CCC1CN(C(C)C(=O)Nc2ccccc2CN)CCO1. The molecule has 0 aromatic heterocycles. The highest BCUT2D eigenvalue weighted by molar-refractivity contribution is 5.95. The number of hydrogen-bond donors (Lipinski definition) is 2. The first-order chi connectivity index (χ1) is 10.2. The van der Waals surface area contributed by atoms with Crippen molar-refractivity contribution in [1.82, 2.24) is 4.90 Å². The van der Waals surface area contributed by atoms with Gasteiger partial charge in [0.1, 0.15) is 0 Å². The Labute approximate surface area is 126 Å². The standard InChI is InChI=1S/C16H25N3O2/c1-3-14-11-19(8-9-21-14)12(2)16(20)18-15-7-5-4-6-13(15)10-17/h4-7,12,14H,3,8-11,17H2,1-2H3,(H,18,20). The van der Waals surface area contributed by atoms with Crippen LogP contribution in [0.3, 0.4) is 0 Å². The molecule has 116 valence electrons. The van der Waals surface area contributed by atoms with E-state index < -0.39 is 0 Å². The van der Waals surface area contributed by atoms with Crippen LogP contribution in [0, 0.1) is 0 Å². The number of anilines is 1. The van der Waals surface area contributed by atoms with Gasteiger partial charge in [0, 0.05) is 25.3 Å². The lowest BCUT2D eigenvalue weighted by Gasteiger charge is -2.35. The van der Waals surface area contributed by atoms with E-state index in [1.807, 2.05) is 31.2 Å². The fraction of sp³-hybridized carbons (Fsp3) is 0.562. The van der Waals surface area contributed by atoms with Crippen LogP contribution in [0.2, 0.25) is 0 Å². The predicted molar refractivity (Wildman–Crippen MR) is 84.0 cm³/mol. The van der Waals surface area contributed by atoms with E-state index in [-0.39, 0.29) is 18.1 Å². The lowest BCUT2D eigenvalue weighted by Crippen LogP contribution is -2.50. The molecule has 1 aliphatic heterocycles. The van der Waals surface area contributed by atoms with Crippen molar-refractivity contribution in [3.63, 3.8) is 0 Å². The van der Waals surface area contributed by atoms with Gasteiger partial charge in [0.05, 0.1) is 18.8 Å². The van der Waals surface area contributed by atoms with E-state index in [9.17, 15) is 4.79 Å². The largest absolute Gasteiger partial charge is 0.376 e. The van der Waals surface area contributed by atoms with Gasteiger partial charge in [0.2, 0.25) is 5.91 Å². The number of ether oxygens (including phenoxy) is 1. The average molecular weight is 291 g/mol. The number of para-hydroxylation sites is 1. The lowest BCUT2D eigenvalue weighted by atomic mass is 10.1. The Kier molecular flexibility index (Phi) is 5.73. The number of carbonyl (C=O) groups excluding carboxylic acids is 1. The van der Waals surface area contributed by atoms with Crippen LogP contribution < -0.4 is 11.1 Å². The van der Waals surface area contributed by atoms with Crippen LogP contribution in [0.1, 0.15) is 25.8 Å². The first-order valence-electron chi connectivity index (χ1n) is 7.60. The molecular weight excluding hydrogens is 266 g/mol. The van der Waals surface area contributed by atoms with Crippen LogP contribution in [0.15, 0.2) is 24.3 Å². The van der Waals surface area contributed by atoms with Crippen LogP contribution in [-0.4, -0.2) is 42.6 Å². The van der Waals surface area contributed by atoms with E-state index >= 15 is 0 Å². The molecule has 0 aliphatic carbocycles. The molecule has 0 spiro atoms. The summed E-state index contributed by atoms with van der Waals surface area (Å²) in [4.78, 5) is 14.6. The summed E-state index contributed by atoms with van der Waals surface area (Å²) in [5.41, 5.74) is 7.46. The van der Waals surface area contributed by atoms with E-state index in [0.29, 0.717) is 13.2 Å². The summed E-state index contributed by atoms with van der Waals surface area (Å²) in [6.45, 7) is 6.76. The third-order valence-corrected chi connectivity index (χ3v) is 4.05. The zero-order chi connectivity index (χ0) is 15.2. The van der Waals surface area contributed by atoms with Gasteiger partial charge in [0.15, 0.2) is 0 Å². The number of nitrogens with one attached hydrogen (secondary N) is 1. The number of nitrogens with two attached hydrogens (primary N) is 1. The van der Waals surface area contributed by atoms with E-state index in [2.05, 4.69) is 17.1 Å². The average Bonchev–Trinajstić information content (AvgIpc) is 2.54. The summed E-state index contributed by atoms with van der Waals surface area (Å²) in [5.74, 6) is 0.00709. The summed E-state index contributed by atoms with van der Waals surface area (Å²) < 4.78 is 5.65. The molecule has 1 heterocycles. The molecule has 1 aromatic rings. The van der Waals surface area contributed by atoms with Gasteiger partial charge in [-0.3, -0.25) is 9.69 Å². The fourth-order valence-electron chi connectivity index (χ4n) is 2.56. The van der Waals surface area contributed by atoms with Gasteiger partial charge in [-0.1, -0.05) is 25.1 Å². The van der Waals surface area contributed by atoms with E-state index in [0.717, 1.165) is 30.8 Å². The Morgan fingerprint density at radius 3 is 3.00 bits per heavy atom. The number of morpholine rings is 1. The summed E-state index contributed by atoms with van der Waals surface area (Å²) in [6, 6.07) is 7.48. The number of rotatable bonds is 5. The molecule has 5 heteroatoms. The Balaban J connectivity index is 1.99. The van der Waals surface area contributed by atoms with Crippen LogP contribution in [-0.2, 0) is 16.1 Å². The molecular formula is C16H25N3O2. The second-order valence-corrected chi connectivity index (χ2v) is 5.42. The monoisotopic (exact) mass is 291 g/mol. The second-order valence-electron chi connectivity index (χ2n) is 5.42. The van der Waals surface area contributed by atoms with Crippen molar-refractivity contribution in [3.8, 4) is 0 Å². The zero-order valence-electron chi connectivity index (χ0n) is 12.8. The maximum absolute atomic E-state index is 12.4. The number of nitrogens with zero attached hydrogens (tertiary/aromatic N) is 1. The number of amides is 1. The maximum atomic E-state index is 12.4. The van der Waals surface area contributed by atoms with Gasteiger partial charge < -0.3 is 15.8 Å². The molecule has 1 fully saturated rings. The van der Waals surface area contributed by atoms with Crippen LogP contribution in [0.4, 0.5) is 5.69 Å². The van der Waals surface area contributed by atoms with Gasteiger partial charge >= 0.3 is 0 Å². The van der Waals surface area contributed by atoms with Crippen molar-refractivity contribution >= 4 is 11.6 Å². The van der Waals surface area contributed by atoms with Gasteiger partial charge in [-0.05, 0) is 25.0 Å². The fourth-order valence-corrected chi connectivity index (χ4v) is 2.56. The van der Waals surface area contributed by atoms with Crippen molar-refractivity contribution < 1.29 is 9.53 Å². The molecule has 2 atom stereocenters. The Bertz CT molecular complexity index is 478. The Hall–Kier alpha value is -1.43. The van der Waals surface area contributed by atoms with Gasteiger partial charge in [-0.15, -0.1) is 0 Å². The molecule has 1 aromatic carbocycles. The molecule has 1 amide bonds. The van der Waals surface area contributed by atoms with Crippen molar-refractivity contribution in [3.05, 3.63) is 29.8 Å². The van der Waals surface area contributed by atoms with E-state index in [1.54, 1.807) is 0 Å². The normalized spacial score (nSPS) is 21.0. The molecule has 1 aliphatic rings. The highest BCUT2D eigenvalue weighted by Crippen LogP contribution is 2.16. The summed E-state index contributed by atoms with van der Waals surface area (Å²) >= 11 is 0. The minimum absolute atomic E-state index is 0.00709. The Morgan fingerprint density at radius 1 is 1.52 bits per heavy atom. The molecule has 21 heavy (non-hydrogen) atoms. The highest BCUT2D eigenvalue weighted by Gasteiger charge is 2.27. The molecule has 5 nitrogen and oxygen atoms in total. The topological polar surface area (TPSA) is 67.6 Å². The molecule has 2 rings (SSSR count). The summed E-state index contributed by atoms with van der Waals surface area (Å²) in [7, 11) is 0. The van der Waals surface area contributed by atoms with Crippen molar-refractivity contribution in [1.29, 1.82) is 0 Å². The number of benzene rings is 1. The quantitative estimate of drug-likeness (QED) is 0.864. The van der Waals surface area contributed by atoms with Gasteiger partial charge in [-0.2, -0.15) is 0 Å². The van der Waals surface area contributed by atoms with Crippen molar-refractivity contribution in [2.45, 2.75) is 39.0 Å². The van der Waals surface area contributed by atoms with E-state index in [4.69, 9.17) is 10.5 Å². The molecule has 1 saturated heterocycles. The van der Waals surface area contributed by atoms with Gasteiger partial charge in [-0.25, -0.2) is 0 Å². The van der Waals surface area contributed by atoms with Crippen LogP contribution in [0.25, 0.3) is 0 Å². The van der Waals surface area contributed by atoms with Crippen molar-refractivity contribution in [2.75, 3.05) is 25.0 Å². The van der Waals surface area contributed by atoms with E-state index in [1.165, 1.54) is 0 Å². The van der Waals surface area contributed by atoms with Crippen LogP contribution >= 0.6 is 0 Å². The zero-order valence-corrected chi connectivity index (χ0v) is 12.8. The predicted octanol–water partition coefficient (Wildman–Crippen LogP) is 1.58. The first-order valence-corrected chi connectivity index (χ1v) is 7.60.